The maximum absolute atomic E-state index is 5.83. The van der Waals surface area contributed by atoms with E-state index in [0.29, 0.717) is 0 Å². The topological polar surface area (TPSA) is 28.1 Å². The zero-order chi connectivity index (χ0) is 13.5. The molecule has 0 atom stereocenters. The fourth-order valence-corrected chi connectivity index (χ4v) is 3.95. The summed E-state index contributed by atoms with van der Waals surface area (Å²) in [6.45, 7) is 8.53. The number of guanidine groups is 1. The van der Waals surface area contributed by atoms with Crippen molar-refractivity contribution in [2.75, 3.05) is 41.3 Å². The summed E-state index contributed by atoms with van der Waals surface area (Å²) in [5.41, 5.74) is 0. The first-order chi connectivity index (χ1) is 7.84. The molecule has 102 valence electrons. The summed E-state index contributed by atoms with van der Waals surface area (Å²) in [7, 11) is 6.56. The minimum atomic E-state index is -1.42. The first-order valence-corrected chi connectivity index (χ1v) is 9.44. The zero-order valence-corrected chi connectivity index (χ0v) is 13.6. The van der Waals surface area contributed by atoms with Gasteiger partial charge in [-0.3, -0.25) is 4.99 Å². The SMILES string of the molecule is CCO[Si](C)(C)CCCN(C)C(=NC)N(C)C. The molecule has 17 heavy (non-hydrogen) atoms. The van der Waals surface area contributed by atoms with Crippen molar-refractivity contribution in [3.63, 3.8) is 0 Å². The van der Waals surface area contributed by atoms with E-state index in [0.717, 1.165) is 19.1 Å². The molecule has 0 spiro atoms. The molecule has 0 fully saturated rings. The molecule has 0 amide bonds. The molecule has 0 saturated carbocycles. The van der Waals surface area contributed by atoms with E-state index in [1.54, 1.807) is 0 Å². The van der Waals surface area contributed by atoms with Crippen LogP contribution in [0.1, 0.15) is 13.3 Å². The number of rotatable bonds is 6. The zero-order valence-electron chi connectivity index (χ0n) is 12.6. The molecule has 0 radical (unpaired) electrons. The second kappa shape index (κ2) is 7.71. The van der Waals surface area contributed by atoms with Crippen LogP contribution in [0.15, 0.2) is 4.99 Å². The van der Waals surface area contributed by atoms with Crippen LogP contribution in [0.5, 0.6) is 0 Å². The molecule has 0 aliphatic rings. The van der Waals surface area contributed by atoms with E-state index in [2.05, 4.69) is 37.0 Å². The smallest absolute Gasteiger partial charge is 0.195 e. The van der Waals surface area contributed by atoms with E-state index >= 15 is 0 Å². The molecule has 0 aliphatic heterocycles. The van der Waals surface area contributed by atoms with Crippen LogP contribution >= 0.6 is 0 Å². The number of hydrogen-bond acceptors (Lipinski definition) is 2. The van der Waals surface area contributed by atoms with Gasteiger partial charge in [0.25, 0.3) is 0 Å². The van der Waals surface area contributed by atoms with Gasteiger partial charge in [0, 0.05) is 41.3 Å². The highest BCUT2D eigenvalue weighted by atomic mass is 28.4. The Morgan fingerprint density at radius 1 is 1.24 bits per heavy atom. The average Bonchev–Trinajstić information content (AvgIpc) is 2.17. The van der Waals surface area contributed by atoms with Gasteiger partial charge in [-0.05, 0) is 32.5 Å². The molecule has 0 aliphatic carbocycles. The third kappa shape index (κ3) is 6.68. The Morgan fingerprint density at radius 3 is 2.24 bits per heavy atom. The first kappa shape index (κ1) is 16.4. The van der Waals surface area contributed by atoms with Gasteiger partial charge in [0.1, 0.15) is 0 Å². The van der Waals surface area contributed by atoms with Gasteiger partial charge in [-0.2, -0.15) is 0 Å². The summed E-state index contributed by atoms with van der Waals surface area (Å²) in [5.74, 6) is 1.03. The van der Waals surface area contributed by atoms with Crippen molar-refractivity contribution in [3.8, 4) is 0 Å². The number of nitrogens with zero attached hydrogens (tertiary/aromatic N) is 3. The average molecular weight is 259 g/mol. The van der Waals surface area contributed by atoms with Crippen molar-refractivity contribution in [1.82, 2.24) is 9.80 Å². The van der Waals surface area contributed by atoms with E-state index < -0.39 is 8.32 Å². The summed E-state index contributed by atoms with van der Waals surface area (Å²) >= 11 is 0. The molecular formula is C12H29N3OSi. The number of aliphatic imine (C=N–C) groups is 1. The highest BCUT2D eigenvalue weighted by Crippen LogP contribution is 2.13. The van der Waals surface area contributed by atoms with Crippen molar-refractivity contribution < 1.29 is 4.43 Å². The van der Waals surface area contributed by atoms with Crippen LogP contribution in [-0.2, 0) is 4.43 Å². The highest BCUT2D eigenvalue weighted by molar-refractivity contribution is 6.71. The Kier molecular flexibility index (Phi) is 7.46. The van der Waals surface area contributed by atoms with E-state index in [1.807, 2.05) is 26.0 Å². The Hall–Kier alpha value is -0.553. The van der Waals surface area contributed by atoms with Crippen LogP contribution in [0.3, 0.4) is 0 Å². The predicted octanol–water partition coefficient (Wildman–Crippen LogP) is 2.10. The molecule has 0 heterocycles. The standard InChI is InChI=1S/C12H29N3OSi/c1-8-16-17(6,7)11-9-10-15(5)12(13-2)14(3)4/h8-11H2,1-7H3. The summed E-state index contributed by atoms with van der Waals surface area (Å²) in [6, 6.07) is 1.20. The van der Waals surface area contributed by atoms with Crippen molar-refractivity contribution in [1.29, 1.82) is 0 Å². The van der Waals surface area contributed by atoms with Crippen molar-refractivity contribution >= 4 is 14.3 Å². The summed E-state index contributed by atoms with van der Waals surface area (Å²) < 4.78 is 5.83. The van der Waals surface area contributed by atoms with Crippen LogP contribution in [0, 0.1) is 0 Å². The highest BCUT2D eigenvalue weighted by Gasteiger charge is 2.21. The van der Waals surface area contributed by atoms with Crippen LogP contribution in [-0.4, -0.2) is 65.4 Å². The summed E-state index contributed by atoms with van der Waals surface area (Å²) in [6.07, 6.45) is 1.17. The lowest BCUT2D eigenvalue weighted by Crippen LogP contribution is -2.39. The van der Waals surface area contributed by atoms with Crippen LogP contribution in [0.25, 0.3) is 0 Å². The van der Waals surface area contributed by atoms with Gasteiger partial charge in [0.05, 0.1) is 0 Å². The molecular weight excluding hydrogens is 230 g/mol. The molecule has 0 bridgehead atoms. The predicted molar refractivity (Wildman–Crippen MR) is 78.2 cm³/mol. The molecule has 0 unspecified atom stereocenters. The maximum atomic E-state index is 5.83. The van der Waals surface area contributed by atoms with E-state index in [-0.39, 0.29) is 0 Å². The lowest BCUT2D eigenvalue weighted by molar-refractivity contribution is 0.325. The van der Waals surface area contributed by atoms with Crippen molar-refractivity contribution in [3.05, 3.63) is 0 Å². The van der Waals surface area contributed by atoms with Crippen LogP contribution < -0.4 is 0 Å². The molecule has 5 heteroatoms. The molecule has 0 aromatic carbocycles. The minimum Gasteiger partial charge on any atom is -0.418 e. The summed E-state index contributed by atoms with van der Waals surface area (Å²) in [5, 5.41) is 0. The molecule has 0 rings (SSSR count). The monoisotopic (exact) mass is 259 g/mol. The molecule has 0 N–H and O–H groups in total. The van der Waals surface area contributed by atoms with Crippen molar-refractivity contribution in [2.24, 2.45) is 4.99 Å². The minimum absolute atomic E-state index is 0.842. The van der Waals surface area contributed by atoms with Gasteiger partial charge < -0.3 is 14.2 Å². The Morgan fingerprint density at radius 2 is 1.82 bits per heavy atom. The van der Waals surface area contributed by atoms with Gasteiger partial charge in [-0.1, -0.05) is 0 Å². The van der Waals surface area contributed by atoms with Crippen molar-refractivity contribution in [2.45, 2.75) is 32.5 Å². The largest absolute Gasteiger partial charge is 0.418 e. The fraction of sp³-hybridized carbons (Fsp3) is 0.917. The van der Waals surface area contributed by atoms with Gasteiger partial charge in [-0.25, -0.2) is 0 Å². The number of hydrogen-bond donors (Lipinski definition) is 0. The molecule has 0 saturated heterocycles. The molecule has 0 aromatic rings. The Bertz CT molecular complexity index is 242. The third-order valence-electron chi connectivity index (χ3n) is 2.75. The van der Waals surface area contributed by atoms with Gasteiger partial charge in [0.2, 0.25) is 0 Å². The van der Waals surface area contributed by atoms with E-state index in [1.165, 1.54) is 12.5 Å². The second-order valence-electron chi connectivity index (χ2n) is 5.14. The van der Waals surface area contributed by atoms with E-state index in [9.17, 15) is 0 Å². The van der Waals surface area contributed by atoms with E-state index in [4.69, 9.17) is 4.43 Å². The Balaban J connectivity index is 4.04. The normalized spacial score (nSPS) is 12.8. The first-order valence-electron chi connectivity index (χ1n) is 6.33. The fourth-order valence-electron chi connectivity index (χ4n) is 2.02. The quantitative estimate of drug-likeness (QED) is 0.415. The third-order valence-corrected chi connectivity index (χ3v) is 5.38. The summed E-state index contributed by atoms with van der Waals surface area (Å²) in [4.78, 5) is 8.54. The van der Waals surface area contributed by atoms with Gasteiger partial charge in [0.15, 0.2) is 14.3 Å². The second-order valence-corrected chi connectivity index (χ2v) is 9.44. The van der Waals surface area contributed by atoms with Gasteiger partial charge in [-0.15, -0.1) is 0 Å². The molecule has 4 nitrogen and oxygen atoms in total. The Labute approximate surface area is 108 Å². The maximum Gasteiger partial charge on any atom is 0.195 e. The lowest BCUT2D eigenvalue weighted by Gasteiger charge is -2.28. The molecule has 0 aromatic heterocycles. The van der Waals surface area contributed by atoms with Gasteiger partial charge >= 0.3 is 0 Å². The van der Waals surface area contributed by atoms with Crippen LogP contribution in [0.2, 0.25) is 19.1 Å². The van der Waals surface area contributed by atoms with Crippen LogP contribution in [0.4, 0.5) is 0 Å². The lowest BCUT2D eigenvalue weighted by atomic mass is 10.4.